The molecule has 2 unspecified atom stereocenters. The zero-order chi connectivity index (χ0) is 18.8. The van der Waals surface area contributed by atoms with Crippen LogP contribution in [0.25, 0.3) is 0 Å². The molecular formula is C20H22BrClN2O2. The highest BCUT2D eigenvalue weighted by Crippen LogP contribution is 2.28. The zero-order valence-corrected chi connectivity index (χ0v) is 17.0. The molecule has 1 N–H and O–H groups in total. The standard InChI is InChI=1S/C20H22BrClN2O2/c1-20(23-19(25)16-5-3-6-17(21)13-16)9-11-24(26,14-20)10-8-15-4-2-7-18(22)12-15/h2-7,12-13H,8-11,14H2,1H3,(H,23,25). The first-order valence-electron chi connectivity index (χ1n) is 8.67. The number of rotatable bonds is 5. The van der Waals surface area contributed by atoms with Gasteiger partial charge in [0.15, 0.2) is 0 Å². The highest BCUT2D eigenvalue weighted by atomic mass is 79.9. The minimum absolute atomic E-state index is 0.142. The molecule has 138 valence electrons. The van der Waals surface area contributed by atoms with Crippen molar-refractivity contribution in [3.63, 3.8) is 0 Å². The van der Waals surface area contributed by atoms with E-state index in [2.05, 4.69) is 21.2 Å². The van der Waals surface area contributed by atoms with Crippen molar-refractivity contribution < 1.29 is 9.44 Å². The summed E-state index contributed by atoms with van der Waals surface area (Å²) in [6.07, 6.45) is 1.35. The molecule has 2 aromatic carbocycles. The van der Waals surface area contributed by atoms with Gasteiger partial charge in [0.05, 0.1) is 18.6 Å². The van der Waals surface area contributed by atoms with E-state index in [0.29, 0.717) is 43.1 Å². The van der Waals surface area contributed by atoms with Gasteiger partial charge in [-0.05, 0) is 42.8 Å². The lowest BCUT2D eigenvalue weighted by Gasteiger charge is -2.40. The number of hydroxylamine groups is 3. The summed E-state index contributed by atoms with van der Waals surface area (Å²) in [5.74, 6) is -0.142. The molecule has 1 saturated heterocycles. The third-order valence-corrected chi connectivity index (χ3v) is 5.64. The fourth-order valence-corrected chi connectivity index (χ4v) is 4.15. The SMILES string of the molecule is CC1(NC(=O)c2cccc(Br)c2)CC[N+]([O-])(CCc2cccc(Cl)c2)C1. The Hall–Kier alpha value is -1.40. The predicted octanol–water partition coefficient (Wildman–Crippen LogP) is 4.55. The molecule has 1 amide bonds. The monoisotopic (exact) mass is 436 g/mol. The Bertz CT molecular complexity index is 816. The summed E-state index contributed by atoms with van der Waals surface area (Å²) in [5.41, 5.74) is 1.17. The zero-order valence-electron chi connectivity index (χ0n) is 14.7. The summed E-state index contributed by atoms with van der Waals surface area (Å²) in [7, 11) is 0. The number of hydrogen-bond acceptors (Lipinski definition) is 2. The van der Waals surface area contributed by atoms with Crippen LogP contribution in [0.2, 0.25) is 5.02 Å². The molecule has 2 atom stereocenters. The molecule has 1 aliphatic heterocycles. The fraction of sp³-hybridized carbons (Fsp3) is 0.350. The van der Waals surface area contributed by atoms with E-state index in [9.17, 15) is 10.0 Å². The topological polar surface area (TPSA) is 52.2 Å². The van der Waals surface area contributed by atoms with Crippen LogP contribution in [0.3, 0.4) is 0 Å². The molecule has 0 aromatic heterocycles. The molecule has 26 heavy (non-hydrogen) atoms. The minimum Gasteiger partial charge on any atom is -0.633 e. The molecule has 0 spiro atoms. The number of likely N-dealkylation sites (tertiary alicyclic amines) is 1. The molecule has 1 heterocycles. The molecular weight excluding hydrogens is 416 g/mol. The van der Waals surface area contributed by atoms with E-state index in [1.807, 2.05) is 43.3 Å². The van der Waals surface area contributed by atoms with Gasteiger partial charge < -0.3 is 15.2 Å². The van der Waals surface area contributed by atoms with Crippen LogP contribution in [-0.4, -0.2) is 35.7 Å². The molecule has 6 heteroatoms. The van der Waals surface area contributed by atoms with Gasteiger partial charge in [-0.1, -0.05) is 45.7 Å². The number of hydrogen-bond donors (Lipinski definition) is 1. The highest BCUT2D eigenvalue weighted by Gasteiger charge is 2.42. The number of quaternary nitrogens is 1. The van der Waals surface area contributed by atoms with Crippen molar-refractivity contribution in [3.8, 4) is 0 Å². The van der Waals surface area contributed by atoms with E-state index >= 15 is 0 Å². The van der Waals surface area contributed by atoms with Crippen LogP contribution >= 0.6 is 27.5 Å². The highest BCUT2D eigenvalue weighted by molar-refractivity contribution is 9.10. The second-order valence-electron chi connectivity index (χ2n) is 7.32. The van der Waals surface area contributed by atoms with E-state index in [4.69, 9.17) is 11.6 Å². The van der Waals surface area contributed by atoms with Crippen molar-refractivity contribution in [1.82, 2.24) is 5.32 Å². The summed E-state index contributed by atoms with van der Waals surface area (Å²) in [6, 6.07) is 14.9. The van der Waals surface area contributed by atoms with Gasteiger partial charge in [0.1, 0.15) is 6.54 Å². The van der Waals surface area contributed by atoms with Crippen molar-refractivity contribution in [2.75, 3.05) is 19.6 Å². The van der Waals surface area contributed by atoms with Crippen LogP contribution in [0.1, 0.15) is 29.3 Å². The smallest absolute Gasteiger partial charge is 0.251 e. The normalized spacial score (nSPS) is 25.2. The van der Waals surface area contributed by atoms with Crippen LogP contribution in [0, 0.1) is 5.21 Å². The molecule has 0 bridgehead atoms. The maximum Gasteiger partial charge on any atom is 0.251 e. The quantitative estimate of drug-likeness (QED) is 0.551. The second-order valence-corrected chi connectivity index (χ2v) is 8.67. The molecule has 1 fully saturated rings. The largest absolute Gasteiger partial charge is 0.633 e. The van der Waals surface area contributed by atoms with Crippen LogP contribution < -0.4 is 5.32 Å². The van der Waals surface area contributed by atoms with Gasteiger partial charge in [-0.15, -0.1) is 0 Å². The first-order chi connectivity index (χ1) is 12.3. The van der Waals surface area contributed by atoms with Gasteiger partial charge in [-0.25, -0.2) is 0 Å². The lowest BCUT2D eigenvalue weighted by atomic mass is 10.0. The maximum atomic E-state index is 13.1. The lowest BCUT2D eigenvalue weighted by molar-refractivity contribution is -0.869. The Labute approximate surface area is 167 Å². The Morgan fingerprint density at radius 2 is 2.08 bits per heavy atom. The number of amides is 1. The number of nitrogens with zero attached hydrogens (tertiary/aromatic N) is 1. The predicted molar refractivity (Wildman–Crippen MR) is 108 cm³/mol. The Balaban J connectivity index is 1.61. The number of nitrogens with one attached hydrogen (secondary N) is 1. The van der Waals surface area contributed by atoms with Gasteiger partial charge in [0.25, 0.3) is 5.91 Å². The molecule has 0 aliphatic carbocycles. The molecule has 1 aliphatic rings. The number of halogens is 2. The summed E-state index contributed by atoms with van der Waals surface area (Å²) in [6.45, 7) is 3.34. The third kappa shape index (κ3) is 4.86. The lowest BCUT2D eigenvalue weighted by Crippen LogP contribution is -2.52. The molecule has 3 rings (SSSR count). The van der Waals surface area contributed by atoms with Crippen molar-refractivity contribution >= 4 is 33.4 Å². The van der Waals surface area contributed by atoms with Gasteiger partial charge in [0, 0.05) is 27.9 Å². The summed E-state index contributed by atoms with van der Waals surface area (Å²) in [4.78, 5) is 12.5. The van der Waals surface area contributed by atoms with Crippen molar-refractivity contribution in [2.24, 2.45) is 0 Å². The van der Waals surface area contributed by atoms with E-state index in [1.165, 1.54) is 0 Å². The van der Waals surface area contributed by atoms with Gasteiger partial charge >= 0.3 is 0 Å². The van der Waals surface area contributed by atoms with Crippen LogP contribution in [0.15, 0.2) is 53.0 Å². The maximum absolute atomic E-state index is 13.1. The summed E-state index contributed by atoms with van der Waals surface area (Å²) < 4.78 is 0.569. The Morgan fingerprint density at radius 1 is 1.31 bits per heavy atom. The molecule has 4 nitrogen and oxygen atoms in total. The van der Waals surface area contributed by atoms with Gasteiger partial charge in [-0.2, -0.15) is 0 Å². The Morgan fingerprint density at radius 3 is 2.81 bits per heavy atom. The van der Waals surface area contributed by atoms with Crippen LogP contribution in [0.4, 0.5) is 0 Å². The van der Waals surface area contributed by atoms with Crippen molar-refractivity contribution in [1.29, 1.82) is 0 Å². The van der Waals surface area contributed by atoms with Crippen molar-refractivity contribution in [2.45, 2.75) is 25.3 Å². The van der Waals surface area contributed by atoms with Gasteiger partial charge in [-0.3, -0.25) is 4.79 Å². The summed E-state index contributed by atoms with van der Waals surface area (Å²) in [5, 5.41) is 16.8. The molecule has 0 saturated carbocycles. The Kier molecular flexibility index (Phi) is 5.72. The van der Waals surface area contributed by atoms with Gasteiger partial charge in [0.2, 0.25) is 0 Å². The first-order valence-corrected chi connectivity index (χ1v) is 9.84. The van der Waals surface area contributed by atoms with E-state index in [0.717, 1.165) is 10.0 Å². The number of benzene rings is 2. The average Bonchev–Trinajstić information content (AvgIpc) is 2.89. The van der Waals surface area contributed by atoms with E-state index in [1.54, 1.807) is 12.1 Å². The number of carbonyl (C=O) groups excluding carboxylic acids is 1. The molecule has 2 aromatic rings. The van der Waals surface area contributed by atoms with Crippen molar-refractivity contribution in [3.05, 3.63) is 74.4 Å². The molecule has 0 radical (unpaired) electrons. The second kappa shape index (κ2) is 7.69. The van der Waals surface area contributed by atoms with E-state index < -0.39 is 5.54 Å². The number of carbonyl (C=O) groups is 1. The summed E-state index contributed by atoms with van der Waals surface area (Å²) >= 11 is 9.39. The van der Waals surface area contributed by atoms with Crippen LogP contribution in [0.5, 0.6) is 0 Å². The third-order valence-electron chi connectivity index (χ3n) is 4.91. The first kappa shape index (κ1) is 19.4. The van der Waals surface area contributed by atoms with Crippen LogP contribution in [-0.2, 0) is 6.42 Å². The van der Waals surface area contributed by atoms with E-state index in [-0.39, 0.29) is 10.6 Å². The minimum atomic E-state index is -0.491. The average molecular weight is 438 g/mol. The fourth-order valence-electron chi connectivity index (χ4n) is 3.54.